The number of hydrogen-bond acceptors (Lipinski definition) is 4. The average Bonchev–Trinajstić information content (AvgIpc) is 3.80. The van der Waals surface area contributed by atoms with Crippen molar-refractivity contribution < 1.29 is 13.7 Å². The van der Waals surface area contributed by atoms with Crippen molar-refractivity contribution in [3.8, 4) is 51.0 Å². The van der Waals surface area contributed by atoms with E-state index in [1.165, 1.54) is 30.9 Å². The summed E-state index contributed by atoms with van der Waals surface area (Å²) in [6.07, 6.45) is 0. The number of aromatic nitrogens is 4. The molecular weight excluding hydrogens is 629 g/mol. The lowest BCUT2D eigenvalue weighted by Crippen LogP contribution is -2.00. The minimum atomic E-state index is -0.598. The van der Waals surface area contributed by atoms with Gasteiger partial charge >= 0.3 is 0 Å². The highest BCUT2D eigenvalue weighted by Gasteiger charge is 2.16. The summed E-state index contributed by atoms with van der Waals surface area (Å²) in [7, 11) is 0. The van der Waals surface area contributed by atoms with Gasteiger partial charge in [0.25, 0.3) is 0 Å². The lowest BCUT2D eigenvalue weighted by molar-refractivity contribution is 1.07. The molecule has 0 saturated carbocycles. The molecule has 7 aromatic carbocycles. The molecular formula is C45H28N4S. The maximum absolute atomic E-state index is 8.59. The minimum Gasteiger partial charge on any atom is -0.309 e. The van der Waals surface area contributed by atoms with Gasteiger partial charge in [-0.15, -0.1) is 11.3 Å². The lowest BCUT2D eigenvalue weighted by atomic mass is 10.0. The van der Waals surface area contributed by atoms with Crippen LogP contribution in [0.4, 0.5) is 0 Å². The van der Waals surface area contributed by atoms with Gasteiger partial charge in [-0.2, -0.15) is 0 Å². The molecule has 10 aromatic rings. The van der Waals surface area contributed by atoms with Crippen LogP contribution in [-0.2, 0) is 0 Å². The second kappa shape index (κ2) is 11.6. The van der Waals surface area contributed by atoms with E-state index in [9.17, 15) is 0 Å². The third kappa shape index (κ3) is 4.79. The van der Waals surface area contributed by atoms with Gasteiger partial charge in [0, 0.05) is 53.3 Å². The summed E-state index contributed by atoms with van der Waals surface area (Å²) in [5, 5.41) is 4.86. The van der Waals surface area contributed by atoms with Crippen LogP contribution in [-0.4, -0.2) is 19.5 Å². The Kier molecular flexibility index (Phi) is 4.69. The van der Waals surface area contributed by atoms with E-state index >= 15 is 0 Å². The first-order valence-corrected chi connectivity index (χ1v) is 16.7. The molecule has 0 N–H and O–H groups in total. The first kappa shape index (κ1) is 20.2. The number of para-hydroxylation sites is 1. The Hall–Kier alpha value is -6.43. The molecule has 0 atom stereocenters. The largest absolute Gasteiger partial charge is 0.309 e. The molecule has 3 aromatic heterocycles. The van der Waals surface area contributed by atoms with E-state index < -0.39 is 60.4 Å². The monoisotopic (exact) mass is 666 g/mol. The number of nitrogens with zero attached hydrogens (tertiary/aromatic N) is 4. The molecule has 0 aliphatic heterocycles. The van der Waals surface area contributed by atoms with Crippen molar-refractivity contribution in [3.05, 3.63) is 170 Å². The predicted molar refractivity (Wildman–Crippen MR) is 209 cm³/mol. The zero-order valence-electron chi connectivity index (χ0n) is 36.1. The van der Waals surface area contributed by atoms with Crippen LogP contribution in [0, 0.1) is 0 Å². The fraction of sp³-hybridized carbons (Fsp3) is 0. The summed E-state index contributed by atoms with van der Waals surface area (Å²) in [5.74, 6) is -0.608. The number of hydrogen-bond donors (Lipinski definition) is 0. The minimum absolute atomic E-state index is 0.00892. The van der Waals surface area contributed by atoms with Crippen LogP contribution < -0.4 is 0 Å². The van der Waals surface area contributed by atoms with Gasteiger partial charge in [-0.25, -0.2) is 15.0 Å². The van der Waals surface area contributed by atoms with Crippen LogP contribution in [0.5, 0.6) is 0 Å². The highest BCUT2D eigenvalue weighted by Crippen LogP contribution is 2.40. The molecule has 4 nitrogen and oxygen atoms in total. The smallest absolute Gasteiger partial charge is 0.164 e. The maximum atomic E-state index is 8.59. The molecule has 234 valence electrons. The average molecular weight is 667 g/mol. The molecule has 5 heteroatoms. The number of thiophene rings is 1. The van der Waals surface area contributed by atoms with Crippen LogP contribution in [0.3, 0.4) is 0 Å². The van der Waals surface area contributed by atoms with E-state index in [0.717, 1.165) is 27.8 Å². The molecule has 10 rings (SSSR count). The Labute approximate surface area is 306 Å². The Bertz CT molecular complexity index is 3290. The molecule has 0 radical (unpaired) electrons. The summed E-state index contributed by atoms with van der Waals surface area (Å²) in [4.78, 5) is 13.4. The van der Waals surface area contributed by atoms with Gasteiger partial charge in [-0.05, 0) is 47.5 Å². The van der Waals surface area contributed by atoms with Gasteiger partial charge in [0.2, 0.25) is 0 Å². The van der Waals surface area contributed by atoms with Gasteiger partial charge in [-0.1, -0.05) is 133 Å². The standard InChI is InChI=1S/C45H28N4S/c1-3-11-31(12-4-1)43-46-44(32-13-5-2-6-14-32)48-45(47-43)33-21-19-29(20-22-33)30-23-25-34(26-24-30)49-39-17-9-7-15-35(39)37-27-38-36-16-8-10-18-41(36)50-42(38)28-40(37)49/h1-28H/i1D,2D,3D,4D,5D,6D,11D,12D,13D,14D. The fourth-order valence-corrected chi connectivity index (χ4v) is 7.65. The van der Waals surface area contributed by atoms with E-state index in [1.807, 2.05) is 12.1 Å². The highest BCUT2D eigenvalue weighted by molar-refractivity contribution is 7.25. The first-order valence-electron chi connectivity index (χ1n) is 20.9. The van der Waals surface area contributed by atoms with Crippen molar-refractivity contribution in [2.75, 3.05) is 0 Å². The normalized spacial score (nSPS) is 14.4. The molecule has 0 bridgehead atoms. The molecule has 0 unspecified atom stereocenters. The third-order valence-electron chi connectivity index (χ3n) is 8.86. The summed E-state index contributed by atoms with van der Waals surface area (Å²) < 4.78 is 88.2. The van der Waals surface area contributed by atoms with E-state index in [-0.39, 0.29) is 28.6 Å². The van der Waals surface area contributed by atoms with Crippen LogP contribution in [0.2, 0.25) is 0 Å². The van der Waals surface area contributed by atoms with E-state index in [4.69, 9.17) is 13.7 Å². The Balaban J connectivity index is 1.06. The second-order valence-corrected chi connectivity index (χ2v) is 12.8. The van der Waals surface area contributed by atoms with Crippen LogP contribution in [0.1, 0.15) is 13.7 Å². The number of rotatable bonds is 5. The van der Waals surface area contributed by atoms with Crippen molar-refractivity contribution >= 4 is 53.3 Å². The van der Waals surface area contributed by atoms with Crippen molar-refractivity contribution in [2.24, 2.45) is 0 Å². The van der Waals surface area contributed by atoms with Crippen LogP contribution in [0.25, 0.3) is 93.0 Å². The Morgan fingerprint density at radius 2 is 0.960 bits per heavy atom. The molecule has 3 heterocycles. The van der Waals surface area contributed by atoms with Crippen molar-refractivity contribution in [2.45, 2.75) is 0 Å². The van der Waals surface area contributed by atoms with Crippen molar-refractivity contribution in [1.29, 1.82) is 0 Å². The highest BCUT2D eigenvalue weighted by atomic mass is 32.1. The summed E-state index contributed by atoms with van der Waals surface area (Å²) in [6, 6.07) is 31.3. The van der Waals surface area contributed by atoms with Crippen LogP contribution >= 0.6 is 11.3 Å². The van der Waals surface area contributed by atoms with E-state index in [1.54, 1.807) is 23.5 Å². The van der Waals surface area contributed by atoms with Crippen LogP contribution in [0.15, 0.2) is 170 Å². The molecule has 0 aliphatic carbocycles. The van der Waals surface area contributed by atoms with E-state index in [2.05, 4.69) is 104 Å². The fourth-order valence-electron chi connectivity index (χ4n) is 6.53. The maximum Gasteiger partial charge on any atom is 0.164 e. The van der Waals surface area contributed by atoms with Gasteiger partial charge in [0.1, 0.15) is 0 Å². The molecule has 0 saturated heterocycles. The van der Waals surface area contributed by atoms with Crippen molar-refractivity contribution in [1.82, 2.24) is 19.5 Å². The summed E-state index contributed by atoms with van der Waals surface area (Å²) in [5.41, 5.74) is 4.88. The Morgan fingerprint density at radius 1 is 0.420 bits per heavy atom. The predicted octanol–water partition coefficient (Wildman–Crippen LogP) is 12.0. The summed E-state index contributed by atoms with van der Waals surface area (Å²) >= 11 is 1.79. The lowest BCUT2D eigenvalue weighted by Gasteiger charge is -2.10. The van der Waals surface area contributed by atoms with Gasteiger partial charge in [-0.3, -0.25) is 0 Å². The van der Waals surface area contributed by atoms with Gasteiger partial charge in [0.15, 0.2) is 17.5 Å². The number of benzene rings is 7. The van der Waals surface area contributed by atoms with Crippen molar-refractivity contribution in [3.63, 3.8) is 0 Å². The molecule has 50 heavy (non-hydrogen) atoms. The zero-order chi connectivity index (χ0) is 41.7. The topological polar surface area (TPSA) is 43.6 Å². The third-order valence-corrected chi connectivity index (χ3v) is 9.99. The van der Waals surface area contributed by atoms with Gasteiger partial charge < -0.3 is 4.57 Å². The summed E-state index contributed by atoms with van der Waals surface area (Å²) in [6.45, 7) is 0. The SMILES string of the molecule is [2H]c1c([2H])c([2H])c(-c2nc(-c3ccc(-c4ccc(-n5c6ccccc6c6cc7c(cc65)sc5ccccc57)cc4)cc3)nc(-c3c([2H])c([2H])c([2H])c([2H])c3[2H])n2)c([2H])c1[2H]. The number of fused-ring (bicyclic) bond motifs is 6. The quantitative estimate of drug-likeness (QED) is 0.184. The first-order chi connectivity index (χ1) is 28.9. The van der Waals surface area contributed by atoms with Gasteiger partial charge in [0.05, 0.1) is 24.7 Å². The molecule has 0 fully saturated rings. The second-order valence-electron chi connectivity index (χ2n) is 11.7. The molecule has 0 aliphatic rings. The zero-order valence-corrected chi connectivity index (χ0v) is 26.9. The molecule has 0 spiro atoms. The molecule has 0 amide bonds. The Morgan fingerprint density at radius 3 is 1.62 bits per heavy atom. The van der Waals surface area contributed by atoms with E-state index in [0.29, 0.717) is 5.56 Å².